The van der Waals surface area contributed by atoms with Crippen molar-refractivity contribution in [2.45, 2.75) is 39.5 Å². The van der Waals surface area contributed by atoms with Crippen molar-refractivity contribution in [3.63, 3.8) is 0 Å². The van der Waals surface area contributed by atoms with E-state index in [0.717, 1.165) is 19.5 Å². The number of hydrogen-bond donors (Lipinski definition) is 1. The predicted octanol–water partition coefficient (Wildman–Crippen LogP) is 1.83. The summed E-state index contributed by atoms with van der Waals surface area (Å²) in [7, 11) is 0. The lowest BCUT2D eigenvalue weighted by molar-refractivity contribution is -0.386. The van der Waals surface area contributed by atoms with Gasteiger partial charge in [-0.3, -0.25) is 19.7 Å². The molecule has 0 unspecified atom stereocenters. The van der Waals surface area contributed by atoms with Crippen molar-refractivity contribution in [1.82, 2.24) is 14.7 Å². The number of hydrogen-bond acceptors (Lipinski definition) is 5. The molecule has 1 aliphatic rings. The van der Waals surface area contributed by atoms with Crippen molar-refractivity contribution in [3.8, 4) is 0 Å². The summed E-state index contributed by atoms with van der Waals surface area (Å²) >= 11 is 0. The molecule has 0 bridgehead atoms. The van der Waals surface area contributed by atoms with Crippen molar-refractivity contribution in [2.75, 3.05) is 13.1 Å². The zero-order chi connectivity index (χ0) is 17.3. The Hall–Kier alpha value is -2.25. The zero-order valence-corrected chi connectivity index (χ0v) is 14.0. The van der Waals surface area contributed by atoms with E-state index in [1.807, 2.05) is 6.07 Å². The third-order valence-electron chi connectivity index (χ3n) is 4.59. The molecule has 7 nitrogen and oxygen atoms in total. The van der Waals surface area contributed by atoms with Crippen molar-refractivity contribution in [2.24, 2.45) is 0 Å². The molecule has 1 N–H and O–H groups in total. The van der Waals surface area contributed by atoms with Gasteiger partial charge in [0.25, 0.3) is 0 Å². The number of fused-ring (bicyclic) bond motifs is 1. The van der Waals surface area contributed by atoms with E-state index in [1.165, 1.54) is 15.8 Å². The Balaban J connectivity index is 1.64. The number of aliphatic hydroxyl groups excluding tert-OH is 1. The lowest BCUT2D eigenvalue weighted by atomic mass is 10.00. The van der Waals surface area contributed by atoms with Crippen molar-refractivity contribution in [3.05, 3.63) is 56.9 Å². The highest BCUT2D eigenvalue weighted by atomic mass is 16.6. The Morgan fingerprint density at radius 3 is 2.67 bits per heavy atom. The van der Waals surface area contributed by atoms with Crippen LogP contribution in [0.25, 0.3) is 0 Å². The highest BCUT2D eigenvalue weighted by Crippen LogP contribution is 2.22. The summed E-state index contributed by atoms with van der Waals surface area (Å²) in [6.45, 7) is 5.81. The van der Waals surface area contributed by atoms with E-state index in [4.69, 9.17) is 0 Å². The molecule has 0 radical (unpaired) electrons. The fourth-order valence-corrected chi connectivity index (χ4v) is 3.39. The van der Waals surface area contributed by atoms with Gasteiger partial charge >= 0.3 is 5.69 Å². The molecule has 7 heteroatoms. The molecule has 2 heterocycles. The zero-order valence-electron chi connectivity index (χ0n) is 14.0. The Morgan fingerprint density at radius 1 is 1.29 bits per heavy atom. The van der Waals surface area contributed by atoms with Crippen molar-refractivity contribution < 1.29 is 10.0 Å². The molecule has 1 aromatic carbocycles. The average Bonchev–Trinajstić information content (AvgIpc) is 2.81. The highest BCUT2D eigenvalue weighted by molar-refractivity contribution is 5.39. The van der Waals surface area contributed by atoms with Gasteiger partial charge in [-0.15, -0.1) is 0 Å². The molecule has 1 aliphatic heterocycles. The Kier molecular flexibility index (Phi) is 4.64. The summed E-state index contributed by atoms with van der Waals surface area (Å²) in [6.07, 6.45) is 0.363. The van der Waals surface area contributed by atoms with Crippen LogP contribution in [-0.2, 0) is 19.5 Å². The summed E-state index contributed by atoms with van der Waals surface area (Å²) in [6, 6.07) is 8.36. The van der Waals surface area contributed by atoms with Crippen LogP contribution >= 0.6 is 0 Å². The van der Waals surface area contributed by atoms with Crippen LogP contribution in [0, 0.1) is 24.0 Å². The molecule has 2 aromatic rings. The Morgan fingerprint density at radius 2 is 2.00 bits per heavy atom. The smallest absolute Gasteiger partial charge is 0.312 e. The molecule has 0 fully saturated rings. The van der Waals surface area contributed by atoms with Gasteiger partial charge in [0.15, 0.2) is 0 Å². The minimum Gasteiger partial charge on any atom is -0.390 e. The molecule has 1 atom stereocenters. The molecule has 128 valence electrons. The number of aliphatic hydroxyl groups is 1. The van der Waals surface area contributed by atoms with Crippen LogP contribution in [0.5, 0.6) is 0 Å². The summed E-state index contributed by atoms with van der Waals surface area (Å²) in [5.74, 6) is 0. The maximum atomic E-state index is 11.1. The monoisotopic (exact) mass is 330 g/mol. The summed E-state index contributed by atoms with van der Waals surface area (Å²) in [5.41, 5.74) is 3.58. The first-order valence-corrected chi connectivity index (χ1v) is 8.11. The van der Waals surface area contributed by atoms with Crippen LogP contribution in [0.2, 0.25) is 0 Å². The summed E-state index contributed by atoms with van der Waals surface area (Å²) in [4.78, 5) is 12.9. The molecule has 0 amide bonds. The molecule has 3 rings (SSSR count). The maximum Gasteiger partial charge on any atom is 0.312 e. The Labute approximate surface area is 140 Å². The number of rotatable bonds is 5. The fraction of sp³-hybridized carbons (Fsp3) is 0.471. The van der Waals surface area contributed by atoms with Crippen LogP contribution in [0.4, 0.5) is 5.69 Å². The van der Waals surface area contributed by atoms with E-state index in [9.17, 15) is 15.2 Å². The lowest BCUT2D eigenvalue weighted by Gasteiger charge is -2.30. The van der Waals surface area contributed by atoms with Gasteiger partial charge in [-0.25, -0.2) is 0 Å². The second kappa shape index (κ2) is 6.70. The van der Waals surface area contributed by atoms with E-state index in [-0.39, 0.29) is 12.2 Å². The standard InChI is InChI=1S/C17H22N4O3/c1-12-17(21(23)24)13(2)20(18-12)11-16(22)10-19-8-7-14-5-3-4-6-15(14)9-19/h3-6,16,22H,7-11H2,1-2H3/t16-/m1/s1. The SMILES string of the molecule is Cc1nn(C[C@H](O)CN2CCc3ccccc3C2)c(C)c1[N+](=O)[O-]. The molecule has 24 heavy (non-hydrogen) atoms. The molecule has 0 aliphatic carbocycles. The van der Waals surface area contributed by atoms with E-state index in [2.05, 4.69) is 28.2 Å². The second-order valence-corrected chi connectivity index (χ2v) is 6.37. The lowest BCUT2D eigenvalue weighted by Crippen LogP contribution is -2.38. The van der Waals surface area contributed by atoms with Gasteiger partial charge < -0.3 is 5.11 Å². The average molecular weight is 330 g/mol. The third-order valence-corrected chi connectivity index (χ3v) is 4.59. The highest BCUT2D eigenvalue weighted by Gasteiger charge is 2.24. The van der Waals surface area contributed by atoms with Crippen LogP contribution < -0.4 is 0 Å². The largest absolute Gasteiger partial charge is 0.390 e. The second-order valence-electron chi connectivity index (χ2n) is 6.37. The molecule has 0 saturated carbocycles. The molecule has 1 aromatic heterocycles. The Bertz CT molecular complexity index is 756. The van der Waals surface area contributed by atoms with E-state index < -0.39 is 11.0 Å². The summed E-state index contributed by atoms with van der Waals surface area (Å²) < 4.78 is 1.54. The molecular weight excluding hydrogens is 308 g/mol. The molecular formula is C17H22N4O3. The van der Waals surface area contributed by atoms with Crippen LogP contribution in [0.15, 0.2) is 24.3 Å². The van der Waals surface area contributed by atoms with E-state index in [1.54, 1.807) is 13.8 Å². The van der Waals surface area contributed by atoms with Gasteiger partial charge in [-0.1, -0.05) is 24.3 Å². The van der Waals surface area contributed by atoms with Gasteiger partial charge in [-0.2, -0.15) is 5.10 Å². The first-order chi connectivity index (χ1) is 11.5. The number of benzene rings is 1. The topological polar surface area (TPSA) is 84.4 Å². The minimum atomic E-state index is -0.618. The van der Waals surface area contributed by atoms with Crippen molar-refractivity contribution >= 4 is 5.69 Å². The van der Waals surface area contributed by atoms with Crippen LogP contribution in [0.1, 0.15) is 22.5 Å². The van der Waals surface area contributed by atoms with Gasteiger partial charge in [0.2, 0.25) is 0 Å². The van der Waals surface area contributed by atoms with Gasteiger partial charge in [-0.05, 0) is 31.4 Å². The number of nitrogens with zero attached hydrogens (tertiary/aromatic N) is 4. The number of aromatic nitrogens is 2. The third kappa shape index (κ3) is 3.32. The normalized spacial score (nSPS) is 16.0. The van der Waals surface area contributed by atoms with Crippen LogP contribution in [0.3, 0.4) is 0 Å². The fourth-order valence-electron chi connectivity index (χ4n) is 3.39. The van der Waals surface area contributed by atoms with Gasteiger partial charge in [0, 0.05) is 19.6 Å². The van der Waals surface area contributed by atoms with Crippen LogP contribution in [-0.4, -0.2) is 43.9 Å². The minimum absolute atomic E-state index is 0.0362. The predicted molar refractivity (Wildman–Crippen MR) is 89.8 cm³/mol. The van der Waals surface area contributed by atoms with Gasteiger partial charge in [0.05, 0.1) is 17.6 Å². The first kappa shape index (κ1) is 16.6. The van der Waals surface area contributed by atoms with E-state index >= 15 is 0 Å². The van der Waals surface area contributed by atoms with Crippen molar-refractivity contribution in [1.29, 1.82) is 0 Å². The summed E-state index contributed by atoms with van der Waals surface area (Å²) in [5, 5.41) is 25.6. The maximum absolute atomic E-state index is 11.1. The molecule has 0 saturated heterocycles. The van der Waals surface area contributed by atoms with E-state index in [0.29, 0.717) is 17.9 Å². The van der Waals surface area contributed by atoms with Gasteiger partial charge in [0.1, 0.15) is 11.4 Å². The molecule has 0 spiro atoms. The number of β-amino-alcohol motifs (C(OH)–C–C–N with tert-alkyl or cyclic N) is 1. The number of aryl methyl sites for hydroxylation is 1. The quantitative estimate of drug-likeness (QED) is 0.668. The first-order valence-electron chi connectivity index (χ1n) is 8.11. The number of nitro groups is 1.